The van der Waals surface area contributed by atoms with E-state index >= 15 is 0 Å². The minimum absolute atomic E-state index is 0.0709. The summed E-state index contributed by atoms with van der Waals surface area (Å²) in [6.45, 7) is 3.86. The number of rotatable bonds is 2. The molecule has 0 spiro atoms. The third-order valence-corrected chi connectivity index (χ3v) is 2.97. The van der Waals surface area contributed by atoms with E-state index in [4.69, 9.17) is 0 Å². The average molecular weight is 235 g/mol. The lowest BCUT2D eigenvalue weighted by Gasteiger charge is -2.08. The number of nitrogens with zero attached hydrogens (tertiary/aromatic N) is 1. The van der Waals surface area contributed by atoms with Gasteiger partial charge in [-0.1, -0.05) is 13.8 Å². The Morgan fingerprint density at radius 3 is 2.59 bits per heavy atom. The predicted molar refractivity (Wildman–Crippen MR) is 63.9 cm³/mol. The number of carboxylic acids is 1. The van der Waals surface area contributed by atoms with Crippen LogP contribution < -0.4 is 0 Å². The van der Waals surface area contributed by atoms with Crippen LogP contribution >= 0.6 is 0 Å². The van der Waals surface area contributed by atoms with Gasteiger partial charge in [0.2, 0.25) is 0 Å². The maximum Gasteiger partial charge on any atom is 0.338 e. The molecule has 0 amide bonds. The molecular formula is C13H14FNO2. The minimum atomic E-state index is -1.01. The second-order valence-electron chi connectivity index (χ2n) is 4.44. The number of benzene rings is 1. The van der Waals surface area contributed by atoms with Gasteiger partial charge in [-0.05, 0) is 24.1 Å². The summed E-state index contributed by atoms with van der Waals surface area (Å²) in [4.78, 5) is 11.3. The molecule has 0 aliphatic carbocycles. The van der Waals surface area contributed by atoms with Crippen LogP contribution in [0.25, 0.3) is 10.9 Å². The Kier molecular flexibility index (Phi) is 2.65. The highest BCUT2D eigenvalue weighted by Gasteiger charge is 2.22. The first kappa shape index (κ1) is 11.6. The van der Waals surface area contributed by atoms with Crippen molar-refractivity contribution in [3.05, 3.63) is 35.3 Å². The third-order valence-electron chi connectivity index (χ3n) is 2.97. The van der Waals surface area contributed by atoms with E-state index in [9.17, 15) is 14.3 Å². The zero-order valence-electron chi connectivity index (χ0n) is 9.99. The number of carboxylic acid groups (broad SMARTS) is 1. The molecule has 2 rings (SSSR count). The molecule has 1 aromatic carbocycles. The number of halogens is 1. The fourth-order valence-corrected chi connectivity index (χ4v) is 2.34. The number of hydrogen-bond donors (Lipinski definition) is 1. The van der Waals surface area contributed by atoms with Gasteiger partial charge in [0, 0.05) is 23.6 Å². The number of carbonyl (C=O) groups is 1. The molecule has 4 heteroatoms. The van der Waals surface area contributed by atoms with Gasteiger partial charge in [0.1, 0.15) is 5.82 Å². The number of aromatic carboxylic acids is 1. The smallest absolute Gasteiger partial charge is 0.338 e. The lowest BCUT2D eigenvalue weighted by molar-refractivity contribution is 0.0697. The molecule has 0 aliphatic heterocycles. The van der Waals surface area contributed by atoms with Crippen LogP contribution in [0.3, 0.4) is 0 Å². The SMILES string of the molecule is CC(C)c1c(C(=O)O)c2cc(F)ccc2n1C. The molecule has 0 saturated heterocycles. The van der Waals surface area contributed by atoms with Crippen molar-refractivity contribution in [3.8, 4) is 0 Å². The largest absolute Gasteiger partial charge is 0.478 e. The molecular weight excluding hydrogens is 221 g/mol. The normalized spacial score (nSPS) is 11.4. The highest BCUT2D eigenvalue weighted by Crippen LogP contribution is 2.30. The maximum absolute atomic E-state index is 13.2. The molecule has 0 bridgehead atoms. The van der Waals surface area contributed by atoms with Gasteiger partial charge in [0.15, 0.2) is 0 Å². The van der Waals surface area contributed by atoms with Crippen molar-refractivity contribution in [1.82, 2.24) is 4.57 Å². The summed E-state index contributed by atoms with van der Waals surface area (Å²) in [6, 6.07) is 4.24. The average Bonchev–Trinajstić information content (AvgIpc) is 2.51. The second-order valence-corrected chi connectivity index (χ2v) is 4.44. The Morgan fingerprint density at radius 1 is 1.41 bits per heavy atom. The molecule has 0 radical (unpaired) electrons. The van der Waals surface area contributed by atoms with Crippen molar-refractivity contribution in [2.75, 3.05) is 0 Å². The van der Waals surface area contributed by atoms with Gasteiger partial charge in [0.05, 0.1) is 5.56 Å². The highest BCUT2D eigenvalue weighted by molar-refractivity contribution is 6.05. The van der Waals surface area contributed by atoms with Gasteiger partial charge in [0.25, 0.3) is 0 Å². The Morgan fingerprint density at radius 2 is 2.06 bits per heavy atom. The Balaban J connectivity index is 2.93. The van der Waals surface area contributed by atoms with E-state index in [0.29, 0.717) is 5.39 Å². The summed E-state index contributed by atoms with van der Waals surface area (Å²) in [5.74, 6) is -1.35. The van der Waals surface area contributed by atoms with E-state index in [1.54, 1.807) is 6.07 Å². The highest BCUT2D eigenvalue weighted by atomic mass is 19.1. The quantitative estimate of drug-likeness (QED) is 0.868. The summed E-state index contributed by atoms with van der Waals surface area (Å²) in [7, 11) is 1.81. The first-order valence-electron chi connectivity index (χ1n) is 5.44. The van der Waals surface area contributed by atoms with Crippen LogP contribution in [0.15, 0.2) is 18.2 Å². The van der Waals surface area contributed by atoms with E-state index in [1.165, 1.54) is 12.1 Å². The van der Waals surface area contributed by atoms with E-state index in [-0.39, 0.29) is 11.5 Å². The number of hydrogen-bond acceptors (Lipinski definition) is 1. The Bertz CT molecular complexity index is 599. The molecule has 0 saturated carbocycles. The molecule has 0 atom stereocenters. The van der Waals surface area contributed by atoms with E-state index in [0.717, 1.165) is 11.2 Å². The monoisotopic (exact) mass is 235 g/mol. The molecule has 0 fully saturated rings. The standard InChI is InChI=1S/C13H14FNO2/c1-7(2)12-11(13(16)17)9-6-8(14)4-5-10(9)15(12)3/h4-7H,1-3H3,(H,16,17). The van der Waals surface area contributed by atoms with Crippen LogP contribution in [0.1, 0.15) is 35.8 Å². The molecule has 1 aromatic heterocycles. The van der Waals surface area contributed by atoms with Crippen molar-refractivity contribution < 1.29 is 14.3 Å². The zero-order chi connectivity index (χ0) is 12.7. The lowest BCUT2D eigenvalue weighted by atomic mass is 10.0. The first-order chi connectivity index (χ1) is 7.93. The molecule has 0 unspecified atom stereocenters. The third kappa shape index (κ3) is 1.69. The van der Waals surface area contributed by atoms with Crippen molar-refractivity contribution >= 4 is 16.9 Å². The van der Waals surface area contributed by atoms with Crippen LogP contribution in [0.4, 0.5) is 4.39 Å². The molecule has 1 heterocycles. The van der Waals surface area contributed by atoms with Crippen LogP contribution in [0.5, 0.6) is 0 Å². The summed E-state index contributed by atoms with van der Waals surface area (Å²) in [5, 5.41) is 9.74. The molecule has 17 heavy (non-hydrogen) atoms. The Labute approximate surface area is 98.5 Å². The van der Waals surface area contributed by atoms with Gasteiger partial charge < -0.3 is 9.67 Å². The molecule has 1 N–H and O–H groups in total. The van der Waals surface area contributed by atoms with E-state index in [1.807, 2.05) is 25.5 Å². The summed E-state index contributed by atoms with van der Waals surface area (Å²) in [6.07, 6.45) is 0. The van der Waals surface area contributed by atoms with E-state index in [2.05, 4.69) is 0 Å². The zero-order valence-corrected chi connectivity index (χ0v) is 9.99. The van der Waals surface area contributed by atoms with Crippen LogP contribution in [-0.4, -0.2) is 15.6 Å². The first-order valence-corrected chi connectivity index (χ1v) is 5.44. The summed E-state index contributed by atoms with van der Waals surface area (Å²) < 4.78 is 15.0. The van der Waals surface area contributed by atoms with Crippen molar-refractivity contribution in [2.24, 2.45) is 7.05 Å². The molecule has 3 nitrogen and oxygen atoms in total. The van der Waals surface area contributed by atoms with Crippen molar-refractivity contribution in [2.45, 2.75) is 19.8 Å². The fourth-order valence-electron chi connectivity index (χ4n) is 2.34. The predicted octanol–water partition coefficient (Wildman–Crippen LogP) is 3.14. The second kappa shape index (κ2) is 3.87. The number of aromatic nitrogens is 1. The topological polar surface area (TPSA) is 42.2 Å². The van der Waals surface area contributed by atoms with Crippen molar-refractivity contribution in [3.63, 3.8) is 0 Å². The summed E-state index contributed by atoms with van der Waals surface area (Å²) in [5.41, 5.74) is 1.67. The fraction of sp³-hybridized carbons (Fsp3) is 0.308. The number of fused-ring (bicyclic) bond motifs is 1. The van der Waals surface area contributed by atoms with Gasteiger partial charge in [-0.25, -0.2) is 9.18 Å². The van der Waals surface area contributed by atoms with Gasteiger partial charge in [-0.15, -0.1) is 0 Å². The van der Waals surface area contributed by atoms with Gasteiger partial charge >= 0.3 is 5.97 Å². The van der Waals surface area contributed by atoms with Crippen LogP contribution in [-0.2, 0) is 7.05 Å². The Hall–Kier alpha value is -1.84. The van der Waals surface area contributed by atoms with Crippen molar-refractivity contribution in [1.29, 1.82) is 0 Å². The van der Waals surface area contributed by atoms with E-state index < -0.39 is 11.8 Å². The lowest BCUT2D eigenvalue weighted by Crippen LogP contribution is -2.05. The maximum atomic E-state index is 13.2. The van der Waals surface area contributed by atoms with Crippen LogP contribution in [0, 0.1) is 5.82 Å². The van der Waals surface area contributed by atoms with Gasteiger partial charge in [-0.3, -0.25) is 0 Å². The molecule has 0 aliphatic rings. The summed E-state index contributed by atoms with van der Waals surface area (Å²) >= 11 is 0. The molecule has 90 valence electrons. The number of aryl methyl sites for hydroxylation is 1. The van der Waals surface area contributed by atoms with Gasteiger partial charge in [-0.2, -0.15) is 0 Å². The minimum Gasteiger partial charge on any atom is -0.478 e. The molecule has 2 aromatic rings. The van der Waals surface area contributed by atoms with Crippen LogP contribution in [0.2, 0.25) is 0 Å².